The van der Waals surface area contributed by atoms with Crippen LogP contribution in [0.3, 0.4) is 0 Å². The molecule has 7 heteroatoms. The first-order valence-electron chi connectivity index (χ1n) is 7.56. The maximum Gasteiger partial charge on any atom is 0.244 e. The summed E-state index contributed by atoms with van der Waals surface area (Å²) in [7, 11) is -3.66. The molecule has 0 atom stereocenters. The Morgan fingerprint density at radius 3 is 2.40 bits per heavy atom. The van der Waals surface area contributed by atoms with Gasteiger partial charge in [-0.1, -0.05) is 23.8 Å². The van der Waals surface area contributed by atoms with Crippen molar-refractivity contribution in [3.05, 3.63) is 65.1 Å². The number of phenols is 2. The number of phenolic OH excluding ortho intramolecular Hbond substituents is 2. The summed E-state index contributed by atoms with van der Waals surface area (Å²) in [5, 5.41) is 22.1. The normalized spacial score (nSPS) is 11.6. The third-order valence-corrected chi connectivity index (χ3v) is 4.92. The molecule has 0 aliphatic rings. The predicted octanol–water partition coefficient (Wildman–Crippen LogP) is 2.05. The molecule has 0 saturated carbocycles. The lowest BCUT2D eigenvalue weighted by molar-refractivity contribution is -0.116. The van der Waals surface area contributed by atoms with Gasteiger partial charge in [-0.25, -0.2) is 8.42 Å². The van der Waals surface area contributed by atoms with Crippen LogP contribution >= 0.6 is 0 Å². The van der Waals surface area contributed by atoms with Crippen LogP contribution in [-0.4, -0.2) is 31.1 Å². The van der Waals surface area contributed by atoms with Gasteiger partial charge in [0.2, 0.25) is 5.91 Å². The Labute approximate surface area is 146 Å². The lowest BCUT2D eigenvalue weighted by Gasteiger charge is -2.04. The number of aromatic hydroxyl groups is 2. The molecule has 1 amide bonds. The van der Waals surface area contributed by atoms with Crippen molar-refractivity contribution >= 4 is 15.7 Å². The number of rotatable bonds is 6. The third-order valence-electron chi connectivity index (χ3n) is 3.50. The van der Waals surface area contributed by atoms with Crippen LogP contribution in [0.5, 0.6) is 11.5 Å². The van der Waals surface area contributed by atoms with E-state index in [-0.39, 0.29) is 22.9 Å². The minimum Gasteiger partial charge on any atom is -0.504 e. The molecule has 0 unspecified atom stereocenters. The van der Waals surface area contributed by atoms with E-state index in [4.69, 9.17) is 0 Å². The molecule has 3 N–H and O–H groups in total. The van der Waals surface area contributed by atoms with Gasteiger partial charge in [-0.05, 0) is 43.2 Å². The van der Waals surface area contributed by atoms with E-state index >= 15 is 0 Å². The Morgan fingerprint density at radius 2 is 1.76 bits per heavy atom. The Bertz CT molecular complexity index is 886. The second kappa shape index (κ2) is 7.85. The fourth-order valence-corrected chi connectivity index (χ4v) is 3.05. The fraction of sp³-hybridized carbons (Fsp3) is 0.167. The quantitative estimate of drug-likeness (QED) is 0.540. The number of hydrogen-bond acceptors (Lipinski definition) is 5. The van der Waals surface area contributed by atoms with Crippen molar-refractivity contribution < 1.29 is 23.4 Å². The van der Waals surface area contributed by atoms with Crippen LogP contribution in [0.2, 0.25) is 0 Å². The highest BCUT2D eigenvalue weighted by Gasteiger charge is 2.10. The second-order valence-corrected chi connectivity index (χ2v) is 7.36. The topological polar surface area (TPSA) is 104 Å². The monoisotopic (exact) mass is 361 g/mol. The van der Waals surface area contributed by atoms with Gasteiger partial charge in [0.25, 0.3) is 0 Å². The van der Waals surface area contributed by atoms with E-state index in [1.807, 2.05) is 6.92 Å². The largest absolute Gasteiger partial charge is 0.504 e. The Hall–Kier alpha value is -2.80. The molecule has 25 heavy (non-hydrogen) atoms. The van der Waals surface area contributed by atoms with Crippen LogP contribution in [0, 0.1) is 6.92 Å². The summed E-state index contributed by atoms with van der Waals surface area (Å²) in [4.78, 5) is 11.9. The van der Waals surface area contributed by atoms with Crippen LogP contribution < -0.4 is 5.32 Å². The summed E-state index contributed by atoms with van der Waals surface area (Å²) in [5.74, 6) is -0.969. The van der Waals surface area contributed by atoms with E-state index in [2.05, 4.69) is 5.32 Å². The highest BCUT2D eigenvalue weighted by molar-refractivity contribution is 7.94. The summed E-state index contributed by atoms with van der Waals surface area (Å²) in [5.41, 5.74) is 1.67. The maximum atomic E-state index is 12.1. The summed E-state index contributed by atoms with van der Waals surface area (Å²) < 4.78 is 24.2. The van der Waals surface area contributed by atoms with E-state index in [9.17, 15) is 23.4 Å². The molecule has 0 aliphatic carbocycles. The van der Waals surface area contributed by atoms with Gasteiger partial charge < -0.3 is 15.5 Å². The van der Waals surface area contributed by atoms with E-state index in [1.165, 1.54) is 24.3 Å². The number of carbonyl (C=O) groups excluding carboxylic acids is 1. The van der Waals surface area contributed by atoms with Crippen LogP contribution in [-0.2, 0) is 21.1 Å². The SMILES string of the molecule is Cc1ccc(S(=O)(=O)/C=C/C(=O)NCCc2ccc(O)c(O)c2)cc1. The molecule has 0 aromatic heterocycles. The molecule has 0 fully saturated rings. The first-order valence-corrected chi connectivity index (χ1v) is 9.11. The molecule has 0 spiro atoms. The Morgan fingerprint density at radius 1 is 1.08 bits per heavy atom. The minimum absolute atomic E-state index is 0.127. The molecule has 0 radical (unpaired) electrons. The average Bonchev–Trinajstić information content (AvgIpc) is 2.57. The van der Waals surface area contributed by atoms with Crippen molar-refractivity contribution in [2.75, 3.05) is 6.54 Å². The van der Waals surface area contributed by atoms with Crippen molar-refractivity contribution in [3.8, 4) is 11.5 Å². The van der Waals surface area contributed by atoms with E-state index in [0.29, 0.717) is 6.42 Å². The minimum atomic E-state index is -3.66. The van der Waals surface area contributed by atoms with Crippen LogP contribution in [0.15, 0.2) is 58.8 Å². The zero-order valence-electron chi connectivity index (χ0n) is 13.6. The number of aryl methyl sites for hydroxylation is 1. The van der Waals surface area contributed by atoms with Crippen molar-refractivity contribution in [3.63, 3.8) is 0 Å². The first kappa shape index (κ1) is 18.5. The maximum absolute atomic E-state index is 12.1. The number of nitrogens with one attached hydrogen (secondary N) is 1. The van der Waals surface area contributed by atoms with E-state index in [1.54, 1.807) is 18.2 Å². The Kier molecular flexibility index (Phi) is 5.82. The predicted molar refractivity (Wildman–Crippen MR) is 94.0 cm³/mol. The Balaban J connectivity index is 1.89. The number of amides is 1. The summed E-state index contributed by atoms with van der Waals surface area (Å²) in [6.07, 6.45) is 1.40. The molecule has 6 nitrogen and oxygen atoms in total. The fourth-order valence-electron chi connectivity index (χ4n) is 2.07. The molecule has 2 aromatic carbocycles. The van der Waals surface area contributed by atoms with Gasteiger partial charge >= 0.3 is 0 Å². The van der Waals surface area contributed by atoms with Crippen LogP contribution in [0.1, 0.15) is 11.1 Å². The van der Waals surface area contributed by atoms with Gasteiger partial charge in [0.05, 0.1) is 4.90 Å². The standard InChI is InChI=1S/C18H19NO5S/c1-13-2-5-15(6-3-13)25(23,24)11-9-18(22)19-10-8-14-4-7-16(20)17(21)12-14/h2-7,9,11-12,20-21H,8,10H2,1H3,(H,19,22)/b11-9+. The first-order chi connectivity index (χ1) is 11.8. The van der Waals surface area contributed by atoms with Gasteiger partial charge in [-0.3, -0.25) is 4.79 Å². The van der Waals surface area contributed by atoms with Crippen LogP contribution in [0.4, 0.5) is 0 Å². The summed E-state index contributed by atoms with van der Waals surface area (Å²) >= 11 is 0. The van der Waals surface area contributed by atoms with E-state index in [0.717, 1.165) is 22.6 Å². The van der Waals surface area contributed by atoms with Gasteiger partial charge in [0.15, 0.2) is 21.3 Å². The molecule has 0 saturated heterocycles. The lowest BCUT2D eigenvalue weighted by atomic mass is 10.1. The number of carbonyl (C=O) groups is 1. The second-order valence-electron chi connectivity index (χ2n) is 5.52. The highest BCUT2D eigenvalue weighted by atomic mass is 32.2. The number of sulfone groups is 1. The molecule has 0 heterocycles. The van der Waals surface area contributed by atoms with Gasteiger partial charge in [-0.2, -0.15) is 0 Å². The molecule has 2 aromatic rings. The summed E-state index contributed by atoms with van der Waals surface area (Å²) in [6, 6.07) is 10.7. The molecular weight excluding hydrogens is 342 g/mol. The van der Waals surface area contributed by atoms with Gasteiger partial charge in [-0.15, -0.1) is 0 Å². The molecule has 0 bridgehead atoms. The van der Waals surface area contributed by atoms with Gasteiger partial charge in [0.1, 0.15) is 0 Å². The van der Waals surface area contributed by atoms with Crippen LogP contribution in [0.25, 0.3) is 0 Å². The van der Waals surface area contributed by atoms with E-state index < -0.39 is 15.7 Å². The lowest BCUT2D eigenvalue weighted by Crippen LogP contribution is -2.23. The molecule has 132 valence electrons. The molecule has 0 aliphatic heterocycles. The number of benzene rings is 2. The van der Waals surface area contributed by atoms with Crippen molar-refractivity contribution in [1.82, 2.24) is 5.32 Å². The summed E-state index contributed by atoms with van der Waals surface area (Å²) in [6.45, 7) is 2.12. The molecule has 2 rings (SSSR count). The van der Waals surface area contributed by atoms with Crippen molar-refractivity contribution in [2.24, 2.45) is 0 Å². The average molecular weight is 361 g/mol. The smallest absolute Gasteiger partial charge is 0.244 e. The zero-order chi connectivity index (χ0) is 18.4. The number of hydrogen-bond donors (Lipinski definition) is 3. The van der Waals surface area contributed by atoms with Crippen molar-refractivity contribution in [1.29, 1.82) is 0 Å². The third kappa shape index (κ3) is 5.36. The highest BCUT2D eigenvalue weighted by Crippen LogP contribution is 2.24. The molecular formula is C18H19NO5S. The van der Waals surface area contributed by atoms with Gasteiger partial charge in [0, 0.05) is 18.0 Å². The zero-order valence-corrected chi connectivity index (χ0v) is 14.5. The van der Waals surface area contributed by atoms with Crippen molar-refractivity contribution in [2.45, 2.75) is 18.2 Å².